The van der Waals surface area contributed by atoms with Crippen LogP contribution in [0.15, 0.2) is 30.3 Å². The van der Waals surface area contributed by atoms with E-state index in [0.29, 0.717) is 24.2 Å². The molecule has 2 rings (SSSR count). The van der Waals surface area contributed by atoms with E-state index in [-0.39, 0.29) is 5.91 Å². The van der Waals surface area contributed by atoms with Crippen LogP contribution >= 0.6 is 0 Å². The van der Waals surface area contributed by atoms with Gasteiger partial charge in [0.1, 0.15) is 0 Å². The zero-order valence-corrected chi connectivity index (χ0v) is 10.6. The Labute approximate surface area is 103 Å². The van der Waals surface area contributed by atoms with Crippen molar-refractivity contribution in [1.29, 1.82) is 0 Å². The first-order valence-corrected chi connectivity index (χ1v) is 6.48. The monoisotopic (exact) mass is 231 g/mol. The molecule has 1 fully saturated rings. The van der Waals surface area contributed by atoms with Crippen LogP contribution in [-0.4, -0.2) is 12.5 Å². The van der Waals surface area contributed by atoms with Crippen molar-refractivity contribution in [2.24, 2.45) is 11.8 Å². The normalized spacial score (nSPS) is 24.8. The average molecular weight is 231 g/mol. The second-order valence-corrected chi connectivity index (χ2v) is 5.42. The summed E-state index contributed by atoms with van der Waals surface area (Å²) in [5.41, 5.74) is 1.31. The molecule has 2 nitrogen and oxygen atoms in total. The second kappa shape index (κ2) is 5.35. The third kappa shape index (κ3) is 3.09. The number of piperidine rings is 1. The number of amides is 1. The van der Waals surface area contributed by atoms with Gasteiger partial charge in [0.25, 0.3) is 0 Å². The van der Waals surface area contributed by atoms with Crippen LogP contribution in [0, 0.1) is 11.8 Å². The van der Waals surface area contributed by atoms with Crippen LogP contribution in [-0.2, 0) is 4.79 Å². The van der Waals surface area contributed by atoms with E-state index in [0.717, 1.165) is 6.54 Å². The lowest BCUT2D eigenvalue weighted by atomic mass is 9.77. The number of hydrogen-bond donors (Lipinski definition) is 1. The minimum Gasteiger partial charge on any atom is -0.356 e. The van der Waals surface area contributed by atoms with Crippen LogP contribution in [0.25, 0.3) is 0 Å². The third-order valence-electron chi connectivity index (χ3n) is 3.54. The Morgan fingerprint density at radius 2 is 2.00 bits per heavy atom. The Kier molecular flexibility index (Phi) is 3.82. The van der Waals surface area contributed by atoms with Gasteiger partial charge in [-0.25, -0.2) is 0 Å². The highest BCUT2D eigenvalue weighted by Crippen LogP contribution is 2.34. The molecule has 1 N–H and O–H groups in total. The van der Waals surface area contributed by atoms with E-state index in [1.54, 1.807) is 0 Å². The Hall–Kier alpha value is -1.31. The maximum Gasteiger partial charge on any atom is 0.220 e. The van der Waals surface area contributed by atoms with E-state index < -0.39 is 0 Å². The standard InChI is InChI=1S/C15H21NO/c1-11(2)8-13-10-16-15(17)9-14(13)12-6-4-3-5-7-12/h3-7,11,13-14H,8-10H2,1-2H3,(H,16,17)/t13-,14+/m1/s1. The minimum absolute atomic E-state index is 0.193. The van der Waals surface area contributed by atoms with Gasteiger partial charge in [0.2, 0.25) is 5.91 Å². The molecular formula is C15H21NO. The van der Waals surface area contributed by atoms with Gasteiger partial charge in [-0.05, 0) is 29.7 Å². The van der Waals surface area contributed by atoms with Gasteiger partial charge in [-0.15, -0.1) is 0 Å². The molecule has 2 atom stereocenters. The molecule has 1 aliphatic heterocycles. The van der Waals surface area contributed by atoms with E-state index >= 15 is 0 Å². The van der Waals surface area contributed by atoms with Gasteiger partial charge in [-0.1, -0.05) is 44.2 Å². The van der Waals surface area contributed by atoms with Gasteiger partial charge in [0, 0.05) is 13.0 Å². The Morgan fingerprint density at radius 3 is 2.65 bits per heavy atom. The molecule has 0 unspecified atom stereocenters. The summed E-state index contributed by atoms with van der Waals surface area (Å²) in [7, 11) is 0. The fourth-order valence-corrected chi connectivity index (χ4v) is 2.77. The molecule has 1 aromatic rings. The molecule has 1 aliphatic rings. The van der Waals surface area contributed by atoms with Crippen molar-refractivity contribution in [2.45, 2.75) is 32.6 Å². The lowest BCUT2D eigenvalue weighted by Gasteiger charge is -2.33. The smallest absolute Gasteiger partial charge is 0.220 e. The molecule has 0 radical (unpaired) electrons. The van der Waals surface area contributed by atoms with Gasteiger partial charge in [-0.2, -0.15) is 0 Å². The highest BCUT2D eigenvalue weighted by atomic mass is 16.1. The predicted molar refractivity (Wildman–Crippen MR) is 69.8 cm³/mol. The Balaban J connectivity index is 2.17. The number of carbonyl (C=O) groups is 1. The van der Waals surface area contributed by atoms with Crippen molar-refractivity contribution in [3.8, 4) is 0 Å². The zero-order chi connectivity index (χ0) is 12.3. The van der Waals surface area contributed by atoms with Gasteiger partial charge in [0.05, 0.1) is 0 Å². The number of carbonyl (C=O) groups excluding carboxylic acids is 1. The van der Waals surface area contributed by atoms with E-state index in [1.165, 1.54) is 12.0 Å². The van der Waals surface area contributed by atoms with Crippen LogP contribution in [0.1, 0.15) is 38.2 Å². The highest BCUT2D eigenvalue weighted by Gasteiger charge is 2.30. The third-order valence-corrected chi connectivity index (χ3v) is 3.54. The predicted octanol–water partition coefficient (Wildman–Crippen LogP) is 2.95. The van der Waals surface area contributed by atoms with Crippen LogP contribution in [0.3, 0.4) is 0 Å². The van der Waals surface area contributed by atoms with Crippen molar-refractivity contribution < 1.29 is 4.79 Å². The first-order chi connectivity index (χ1) is 8.16. The van der Waals surface area contributed by atoms with Crippen molar-refractivity contribution in [1.82, 2.24) is 5.32 Å². The molecule has 92 valence electrons. The van der Waals surface area contributed by atoms with E-state index in [9.17, 15) is 4.79 Å². The summed E-state index contributed by atoms with van der Waals surface area (Å²) in [5.74, 6) is 1.85. The SMILES string of the molecule is CC(C)C[C@@H]1CNC(=O)C[C@H]1c1ccccc1. The molecule has 0 aromatic heterocycles. The van der Waals surface area contributed by atoms with Crippen LogP contribution < -0.4 is 5.32 Å². The van der Waals surface area contributed by atoms with Gasteiger partial charge < -0.3 is 5.32 Å². The lowest BCUT2D eigenvalue weighted by Crippen LogP contribution is -2.40. The molecule has 17 heavy (non-hydrogen) atoms. The molecule has 1 amide bonds. The topological polar surface area (TPSA) is 29.1 Å². The van der Waals surface area contributed by atoms with E-state index in [2.05, 4.69) is 43.4 Å². The minimum atomic E-state index is 0.193. The Bertz CT molecular complexity index is 372. The quantitative estimate of drug-likeness (QED) is 0.851. The zero-order valence-electron chi connectivity index (χ0n) is 10.6. The maximum absolute atomic E-state index is 11.6. The van der Waals surface area contributed by atoms with E-state index in [4.69, 9.17) is 0 Å². The maximum atomic E-state index is 11.6. The average Bonchev–Trinajstić information content (AvgIpc) is 2.32. The van der Waals surface area contributed by atoms with Crippen molar-refractivity contribution in [3.63, 3.8) is 0 Å². The molecule has 1 saturated heterocycles. The summed E-state index contributed by atoms with van der Waals surface area (Å²) >= 11 is 0. The number of nitrogens with one attached hydrogen (secondary N) is 1. The van der Waals surface area contributed by atoms with Gasteiger partial charge in [-0.3, -0.25) is 4.79 Å². The molecule has 0 saturated carbocycles. The fraction of sp³-hybridized carbons (Fsp3) is 0.533. The first kappa shape index (κ1) is 12.2. The Morgan fingerprint density at radius 1 is 1.29 bits per heavy atom. The van der Waals surface area contributed by atoms with Crippen LogP contribution in [0.5, 0.6) is 0 Å². The van der Waals surface area contributed by atoms with Gasteiger partial charge >= 0.3 is 0 Å². The lowest BCUT2D eigenvalue weighted by molar-refractivity contribution is -0.123. The van der Waals surface area contributed by atoms with Crippen LogP contribution in [0.4, 0.5) is 0 Å². The van der Waals surface area contributed by atoms with Crippen molar-refractivity contribution in [2.75, 3.05) is 6.54 Å². The summed E-state index contributed by atoms with van der Waals surface area (Å²) < 4.78 is 0. The fourth-order valence-electron chi connectivity index (χ4n) is 2.77. The number of rotatable bonds is 3. The summed E-state index contributed by atoms with van der Waals surface area (Å²) in [5, 5.41) is 3.00. The van der Waals surface area contributed by atoms with Crippen LogP contribution in [0.2, 0.25) is 0 Å². The molecule has 0 bridgehead atoms. The largest absolute Gasteiger partial charge is 0.356 e. The molecule has 0 aliphatic carbocycles. The van der Waals surface area contributed by atoms with Crippen molar-refractivity contribution >= 4 is 5.91 Å². The summed E-state index contributed by atoms with van der Waals surface area (Å²) in [6.45, 7) is 5.33. The number of hydrogen-bond acceptors (Lipinski definition) is 1. The first-order valence-electron chi connectivity index (χ1n) is 6.48. The van der Waals surface area contributed by atoms with Crippen molar-refractivity contribution in [3.05, 3.63) is 35.9 Å². The summed E-state index contributed by atoms with van der Waals surface area (Å²) in [4.78, 5) is 11.6. The second-order valence-electron chi connectivity index (χ2n) is 5.42. The van der Waals surface area contributed by atoms with Gasteiger partial charge in [0.15, 0.2) is 0 Å². The molecule has 1 aromatic carbocycles. The summed E-state index contributed by atoms with van der Waals surface area (Å²) in [6.07, 6.45) is 1.82. The summed E-state index contributed by atoms with van der Waals surface area (Å²) in [6, 6.07) is 10.5. The molecular weight excluding hydrogens is 210 g/mol. The molecule has 0 spiro atoms. The molecule has 1 heterocycles. The van der Waals surface area contributed by atoms with E-state index in [1.807, 2.05) is 6.07 Å². The molecule has 2 heteroatoms. The number of benzene rings is 1. The highest BCUT2D eigenvalue weighted by molar-refractivity contribution is 5.77.